The van der Waals surface area contributed by atoms with Crippen molar-refractivity contribution in [3.05, 3.63) is 164 Å². The second-order valence-corrected chi connectivity index (χ2v) is 11.1. The molecule has 0 aromatic heterocycles. The van der Waals surface area contributed by atoms with Gasteiger partial charge in [-0.2, -0.15) is 0 Å². The van der Waals surface area contributed by atoms with Crippen molar-refractivity contribution in [2.45, 2.75) is 0 Å². The monoisotopic (exact) mass is 582 g/mol. The van der Waals surface area contributed by atoms with E-state index in [2.05, 4.69) is 91.0 Å². The average molecular weight is 583 g/mol. The van der Waals surface area contributed by atoms with Crippen LogP contribution in [0.5, 0.6) is 17.2 Å². The van der Waals surface area contributed by atoms with Crippen molar-refractivity contribution in [3.8, 4) is 84.0 Å². The largest absolute Gasteiger partial charge is 0.508 e. The van der Waals surface area contributed by atoms with Crippen LogP contribution in [0.1, 0.15) is 0 Å². The van der Waals surface area contributed by atoms with Crippen LogP contribution in [0, 0.1) is 0 Å². The van der Waals surface area contributed by atoms with E-state index in [4.69, 9.17) is 0 Å². The molecule has 0 aliphatic carbocycles. The fourth-order valence-electron chi connectivity index (χ4n) is 5.82. The number of phenolic OH excluding ortho intramolecular Hbond substituents is 3. The number of hydrogen-bond donors (Lipinski definition) is 3. The smallest absolute Gasteiger partial charge is 0.115 e. The van der Waals surface area contributed by atoms with E-state index >= 15 is 0 Å². The zero-order valence-electron chi connectivity index (χ0n) is 24.4. The number of aromatic hydroxyl groups is 3. The third kappa shape index (κ3) is 5.80. The van der Waals surface area contributed by atoms with E-state index in [0.29, 0.717) is 0 Å². The van der Waals surface area contributed by atoms with E-state index in [0.717, 1.165) is 66.8 Å². The molecule has 7 aromatic rings. The molecule has 216 valence electrons. The van der Waals surface area contributed by atoms with Crippen LogP contribution in [0.4, 0.5) is 0 Å². The van der Waals surface area contributed by atoms with Gasteiger partial charge in [0, 0.05) is 0 Å². The quantitative estimate of drug-likeness (QED) is 0.183. The predicted molar refractivity (Wildman–Crippen MR) is 184 cm³/mol. The Morgan fingerprint density at radius 1 is 0.222 bits per heavy atom. The van der Waals surface area contributed by atoms with Crippen LogP contribution in [0.25, 0.3) is 66.8 Å². The Labute approximate surface area is 262 Å². The summed E-state index contributed by atoms with van der Waals surface area (Å²) in [5.74, 6) is 0.760. The molecule has 0 bridgehead atoms. The van der Waals surface area contributed by atoms with Gasteiger partial charge in [-0.25, -0.2) is 0 Å². The number of rotatable bonds is 6. The molecule has 7 aromatic carbocycles. The van der Waals surface area contributed by atoms with Gasteiger partial charge in [0.2, 0.25) is 0 Å². The molecule has 0 saturated heterocycles. The summed E-state index contributed by atoms with van der Waals surface area (Å²) in [6, 6.07) is 54.0. The Bertz CT molecular complexity index is 1950. The summed E-state index contributed by atoms with van der Waals surface area (Å²) in [6.45, 7) is 0. The number of benzene rings is 7. The van der Waals surface area contributed by atoms with Gasteiger partial charge < -0.3 is 15.3 Å². The standard InChI is InChI=1S/C42H30O3/c43-37-22-16-31(17-23-37)28-4-10-34(11-5-28)40-2-1-3-41(35-12-6-29(7-13-35)32-18-24-38(44)25-19-32)42(40)36-14-8-30(9-15-36)33-20-26-39(45)27-21-33/h1-27,43-45H. The summed E-state index contributed by atoms with van der Waals surface area (Å²) in [4.78, 5) is 0. The Morgan fingerprint density at radius 3 is 0.733 bits per heavy atom. The Morgan fingerprint density at radius 2 is 0.444 bits per heavy atom. The van der Waals surface area contributed by atoms with Gasteiger partial charge in [-0.15, -0.1) is 0 Å². The molecule has 0 fully saturated rings. The lowest BCUT2D eigenvalue weighted by Gasteiger charge is -2.17. The minimum atomic E-state index is 0.252. The highest BCUT2D eigenvalue weighted by molar-refractivity contribution is 5.95. The third-order valence-corrected chi connectivity index (χ3v) is 8.23. The van der Waals surface area contributed by atoms with Gasteiger partial charge in [0.25, 0.3) is 0 Å². The maximum absolute atomic E-state index is 9.74. The van der Waals surface area contributed by atoms with Crippen molar-refractivity contribution in [1.29, 1.82) is 0 Å². The molecule has 7 rings (SSSR count). The molecule has 0 unspecified atom stereocenters. The Kier molecular flexibility index (Phi) is 7.34. The van der Waals surface area contributed by atoms with Crippen LogP contribution < -0.4 is 0 Å². The molecule has 0 radical (unpaired) electrons. The van der Waals surface area contributed by atoms with Crippen LogP contribution in [0.2, 0.25) is 0 Å². The molecule has 0 aliphatic rings. The van der Waals surface area contributed by atoms with Gasteiger partial charge in [0.05, 0.1) is 0 Å². The van der Waals surface area contributed by atoms with Crippen LogP contribution in [-0.2, 0) is 0 Å². The van der Waals surface area contributed by atoms with E-state index in [1.807, 2.05) is 36.4 Å². The third-order valence-electron chi connectivity index (χ3n) is 8.23. The van der Waals surface area contributed by atoms with Crippen molar-refractivity contribution >= 4 is 0 Å². The summed E-state index contributed by atoms with van der Waals surface area (Å²) in [6.07, 6.45) is 0. The molecule has 0 spiro atoms. The van der Waals surface area contributed by atoms with Crippen LogP contribution >= 0.6 is 0 Å². The fourth-order valence-corrected chi connectivity index (χ4v) is 5.82. The number of hydrogen-bond acceptors (Lipinski definition) is 3. The molecular formula is C42H30O3. The van der Waals surface area contributed by atoms with Crippen LogP contribution in [-0.4, -0.2) is 15.3 Å². The van der Waals surface area contributed by atoms with Crippen molar-refractivity contribution in [3.63, 3.8) is 0 Å². The molecule has 0 atom stereocenters. The summed E-state index contributed by atoms with van der Waals surface area (Å²) >= 11 is 0. The highest BCUT2D eigenvalue weighted by Crippen LogP contribution is 2.41. The van der Waals surface area contributed by atoms with E-state index in [1.54, 1.807) is 36.4 Å². The SMILES string of the molecule is Oc1ccc(-c2ccc(-c3cccc(-c4ccc(-c5ccc(O)cc5)cc4)c3-c3ccc(-c4ccc(O)cc4)cc3)cc2)cc1. The van der Waals surface area contributed by atoms with Gasteiger partial charge in [-0.05, 0) is 103 Å². The lowest BCUT2D eigenvalue weighted by atomic mass is 9.86. The fraction of sp³-hybridized carbons (Fsp3) is 0. The van der Waals surface area contributed by atoms with Crippen molar-refractivity contribution in [2.24, 2.45) is 0 Å². The molecule has 3 N–H and O–H groups in total. The molecule has 3 heteroatoms. The van der Waals surface area contributed by atoms with Crippen molar-refractivity contribution < 1.29 is 15.3 Å². The van der Waals surface area contributed by atoms with E-state index in [9.17, 15) is 15.3 Å². The van der Waals surface area contributed by atoms with Gasteiger partial charge in [-0.3, -0.25) is 0 Å². The maximum Gasteiger partial charge on any atom is 0.115 e. The summed E-state index contributed by atoms with van der Waals surface area (Å²) in [7, 11) is 0. The van der Waals surface area contributed by atoms with Crippen molar-refractivity contribution in [1.82, 2.24) is 0 Å². The first-order valence-electron chi connectivity index (χ1n) is 14.8. The second-order valence-electron chi connectivity index (χ2n) is 11.1. The molecule has 0 heterocycles. The lowest BCUT2D eigenvalue weighted by Crippen LogP contribution is -1.91. The second kappa shape index (κ2) is 11.9. The first-order chi connectivity index (χ1) is 22.0. The maximum atomic E-state index is 9.74. The highest BCUT2D eigenvalue weighted by atomic mass is 16.3. The van der Waals surface area contributed by atoms with Crippen LogP contribution in [0.15, 0.2) is 164 Å². The molecule has 3 nitrogen and oxygen atoms in total. The zero-order valence-corrected chi connectivity index (χ0v) is 24.4. The first kappa shape index (κ1) is 27.8. The van der Waals surface area contributed by atoms with Gasteiger partial charge in [0.15, 0.2) is 0 Å². The molecule has 45 heavy (non-hydrogen) atoms. The predicted octanol–water partition coefficient (Wildman–Crippen LogP) is 10.8. The normalized spacial score (nSPS) is 10.9. The van der Waals surface area contributed by atoms with Gasteiger partial charge in [0.1, 0.15) is 17.2 Å². The van der Waals surface area contributed by atoms with E-state index in [-0.39, 0.29) is 17.2 Å². The molecule has 0 saturated carbocycles. The lowest BCUT2D eigenvalue weighted by molar-refractivity contribution is 0.475. The minimum absolute atomic E-state index is 0.252. The summed E-state index contributed by atoms with van der Waals surface area (Å²) < 4.78 is 0. The molecule has 0 amide bonds. The Balaban J connectivity index is 1.32. The van der Waals surface area contributed by atoms with E-state index < -0.39 is 0 Å². The number of phenols is 3. The van der Waals surface area contributed by atoms with Crippen LogP contribution in [0.3, 0.4) is 0 Å². The molecule has 0 aliphatic heterocycles. The van der Waals surface area contributed by atoms with Gasteiger partial charge in [-0.1, -0.05) is 127 Å². The van der Waals surface area contributed by atoms with Crippen molar-refractivity contribution in [2.75, 3.05) is 0 Å². The topological polar surface area (TPSA) is 60.7 Å². The highest BCUT2D eigenvalue weighted by Gasteiger charge is 2.15. The average Bonchev–Trinajstić information content (AvgIpc) is 3.09. The zero-order chi connectivity index (χ0) is 30.8. The first-order valence-corrected chi connectivity index (χ1v) is 14.8. The molecular weight excluding hydrogens is 552 g/mol. The van der Waals surface area contributed by atoms with E-state index in [1.165, 1.54) is 0 Å². The Hall–Kier alpha value is -6.06. The summed E-state index contributed by atoms with van der Waals surface area (Å²) in [5, 5.41) is 29.2. The van der Waals surface area contributed by atoms with Gasteiger partial charge >= 0.3 is 0 Å². The summed E-state index contributed by atoms with van der Waals surface area (Å²) in [5.41, 5.74) is 13.1. The minimum Gasteiger partial charge on any atom is -0.508 e.